The van der Waals surface area contributed by atoms with Crippen molar-refractivity contribution in [2.75, 3.05) is 13.2 Å². The van der Waals surface area contributed by atoms with Crippen LogP contribution in [0.2, 0.25) is 5.04 Å². The molecule has 0 aliphatic heterocycles. The van der Waals surface area contributed by atoms with Crippen molar-refractivity contribution in [3.8, 4) is 0 Å². The van der Waals surface area contributed by atoms with Crippen LogP contribution in [0.4, 0.5) is 4.39 Å². The van der Waals surface area contributed by atoms with Gasteiger partial charge in [0, 0.05) is 30.8 Å². The number of alkyl halides is 1. The van der Waals surface area contributed by atoms with Crippen molar-refractivity contribution in [3.63, 3.8) is 0 Å². The van der Waals surface area contributed by atoms with Gasteiger partial charge >= 0.3 is 0 Å². The molecule has 3 aromatic carbocycles. The second-order valence-electron chi connectivity index (χ2n) is 11.2. The van der Waals surface area contributed by atoms with E-state index in [2.05, 4.69) is 123 Å². The normalized spacial score (nSPS) is 15.1. The molecular formula is C31H39FN2OSi. The average molecular weight is 503 g/mol. The van der Waals surface area contributed by atoms with E-state index in [4.69, 9.17) is 4.43 Å². The van der Waals surface area contributed by atoms with Crippen LogP contribution in [0.5, 0.6) is 0 Å². The molecule has 0 bridgehead atoms. The van der Waals surface area contributed by atoms with E-state index < -0.39 is 14.0 Å². The van der Waals surface area contributed by atoms with Gasteiger partial charge in [0.05, 0.1) is 6.61 Å². The summed E-state index contributed by atoms with van der Waals surface area (Å²) in [6.07, 6.45) is 2.10. The largest absolute Gasteiger partial charge is 0.404 e. The highest BCUT2D eigenvalue weighted by molar-refractivity contribution is 6.99. The number of benzene rings is 3. The van der Waals surface area contributed by atoms with E-state index in [0.717, 1.165) is 6.54 Å². The highest BCUT2D eigenvalue weighted by Gasteiger charge is 2.51. The lowest BCUT2D eigenvalue weighted by Crippen LogP contribution is -2.67. The molecule has 0 aliphatic carbocycles. The van der Waals surface area contributed by atoms with Gasteiger partial charge in [0.1, 0.15) is 5.67 Å². The predicted octanol–water partition coefficient (Wildman–Crippen LogP) is 5.92. The lowest BCUT2D eigenvalue weighted by molar-refractivity contribution is 0.0921. The Hall–Kier alpha value is -2.73. The minimum absolute atomic E-state index is 0.0342. The lowest BCUT2D eigenvalue weighted by Gasteiger charge is -2.44. The molecule has 0 saturated heterocycles. The molecule has 1 aromatic heterocycles. The second kappa shape index (κ2) is 10.7. The Labute approximate surface area is 216 Å². The Balaban J connectivity index is 1.49. The van der Waals surface area contributed by atoms with E-state index >= 15 is 4.39 Å². The smallest absolute Gasteiger partial charge is 0.261 e. The molecule has 5 heteroatoms. The summed E-state index contributed by atoms with van der Waals surface area (Å²) in [6.45, 7) is 11.4. The van der Waals surface area contributed by atoms with Crippen molar-refractivity contribution >= 4 is 29.6 Å². The molecule has 4 rings (SSSR count). The maximum absolute atomic E-state index is 16.0. The van der Waals surface area contributed by atoms with Crippen LogP contribution in [0.1, 0.15) is 34.6 Å². The first-order chi connectivity index (χ1) is 17.1. The Kier molecular flexibility index (Phi) is 7.84. The van der Waals surface area contributed by atoms with Crippen LogP contribution in [0.3, 0.4) is 0 Å². The number of nitrogens with one attached hydrogen (secondary N) is 1. The maximum Gasteiger partial charge on any atom is 0.261 e. The Morgan fingerprint density at radius 1 is 0.833 bits per heavy atom. The number of halogens is 1. The summed E-state index contributed by atoms with van der Waals surface area (Å²) in [5, 5.41) is 6.80. The number of fused-ring (bicyclic) bond motifs is 1. The van der Waals surface area contributed by atoms with E-state index in [1.54, 1.807) is 6.92 Å². The third kappa shape index (κ3) is 5.64. The summed E-state index contributed by atoms with van der Waals surface area (Å²) in [4.78, 5) is 0. The first kappa shape index (κ1) is 26.3. The maximum atomic E-state index is 16.0. The quantitative estimate of drug-likeness (QED) is 0.272. The molecule has 0 spiro atoms. The van der Waals surface area contributed by atoms with Crippen LogP contribution in [0, 0.1) is 0 Å². The molecular weight excluding hydrogens is 463 g/mol. The number of hydrogen-bond donors (Lipinski definition) is 1. The van der Waals surface area contributed by atoms with Crippen molar-refractivity contribution in [1.29, 1.82) is 0 Å². The molecule has 190 valence electrons. The van der Waals surface area contributed by atoms with Gasteiger partial charge in [-0.25, -0.2) is 4.39 Å². The first-order valence-corrected chi connectivity index (χ1v) is 14.7. The topological polar surface area (TPSA) is 26.2 Å². The molecule has 0 amide bonds. The molecule has 36 heavy (non-hydrogen) atoms. The number of para-hydroxylation sites is 1. The van der Waals surface area contributed by atoms with E-state index in [1.807, 2.05) is 12.1 Å². The molecule has 3 nitrogen and oxygen atoms in total. The second-order valence-corrected chi connectivity index (χ2v) is 15.5. The van der Waals surface area contributed by atoms with Crippen molar-refractivity contribution in [2.45, 2.75) is 57.9 Å². The van der Waals surface area contributed by atoms with E-state index in [1.165, 1.54) is 21.3 Å². The van der Waals surface area contributed by atoms with E-state index in [0.29, 0.717) is 0 Å². The first-order valence-electron chi connectivity index (χ1n) is 12.8. The number of rotatable bonds is 10. The SMILES string of the molecule is CC(Cn1ccc2ccccc21)NCC(C)(F)CO[Si](c1ccccc1)(c1ccccc1)C(C)(C)C. The molecule has 0 saturated carbocycles. The van der Waals surface area contributed by atoms with Crippen molar-refractivity contribution < 1.29 is 8.82 Å². The minimum atomic E-state index is -2.77. The van der Waals surface area contributed by atoms with Gasteiger partial charge in [-0.3, -0.25) is 0 Å². The van der Waals surface area contributed by atoms with Gasteiger partial charge < -0.3 is 14.3 Å². The average Bonchev–Trinajstić information content (AvgIpc) is 3.26. The van der Waals surface area contributed by atoms with Crippen LogP contribution >= 0.6 is 0 Å². The highest BCUT2D eigenvalue weighted by atomic mass is 28.4. The van der Waals surface area contributed by atoms with Crippen LogP contribution < -0.4 is 15.7 Å². The molecule has 2 atom stereocenters. The zero-order chi connectivity index (χ0) is 25.8. The fourth-order valence-corrected chi connectivity index (χ4v) is 9.79. The van der Waals surface area contributed by atoms with Gasteiger partial charge in [0.2, 0.25) is 0 Å². The van der Waals surface area contributed by atoms with Crippen molar-refractivity contribution in [1.82, 2.24) is 9.88 Å². The fraction of sp³-hybridized carbons (Fsp3) is 0.355. The molecule has 0 aliphatic rings. The summed E-state index contributed by atoms with van der Waals surface area (Å²) in [7, 11) is -2.77. The standard InChI is InChI=1S/C31H39FN2OSi/c1-25(22-34-21-20-26-14-12-13-19-29(26)34)33-23-31(5,32)24-35-36(30(2,3)4,27-15-8-6-9-16-27)28-17-10-7-11-18-28/h6-21,25,33H,22-24H2,1-5H3. The van der Waals surface area contributed by atoms with Crippen LogP contribution in [-0.4, -0.2) is 37.7 Å². The molecule has 1 heterocycles. The third-order valence-corrected chi connectivity index (χ3v) is 12.0. The summed E-state index contributed by atoms with van der Waals surface area (Å²) in [5.74, 6) is 0. The highest BCUT2D eigenvalue weighted by Crippen LogP contribution is 2.37. The zero-order valence-corrected chi connectivity index (χ0v) is 23.2. The van der Waals surface area contributed by atoms with Gasteiger partial charge in [-0.1, -0.05) is 99.6 Å². The van der Waals surface area contributed by atoms with Gasteiger partial charge in [0.15, 0.2) is 0 Å². The lowest BCUT2D eigenvalue weighted by atomic mass is 10.1. The number of nitrogens with zero attached hydrogens (tertiary/aromatic N) is 1. The van der Waals surface area contributed by atoms with Crippen LogP contribution in [0.15, 0.2) is 97.2 Å². The van der Waals surface area contributed by atoms with Crippen LogP contribution in [-0.2, 0) is 11.0 Å². The zero-order valence-electron chi connectivity index (χ0n) is 22.2. The predicted molar refractivity (Wildman–Crippen MR) is 152 cm³/mol. The summed E-state index contributed by atoms with van der Waals surface area (Å²) in [6, 6.07) is 31.4. The number of hydrogen-bond acceptors (Lipinski definition) is 2. The molecule has 0 fully saturated rings. The van der Waals surface area contributed by atoms with Gasteiger partial charge in [-0.05, 0) is 46.8 Å². The fourth-order valence-electron chi connectivity index (χ4n) is 5.12. The monoisotopic (exact) mass is 502 g/mol. The van der Waals surface area contributed by atoms with Gasteiger partial charge in [-0.15, -0.1) is 0 Å². The van der Waals surface area contributed by atoms with Crippen molar-refractivity contribution in [2.24, 2.45) is 0 Å². The minimum Gasteiger partial charge on any atom is -0.404 e. The van der Waals surface area contributed by atoms with Gasteiger partial charge in [-0.2, -0.15) is 0 Å². The third-order valence-electron chi connectivity index (χ3n) is 6.98. The van der Waals surface area contributed by atoms with Gasteiger partial charge in [0.25, 0.3) is 8.32 Å². The van der Waals surface area contributed by atoms with E-state index in [9.17, 15) is 0 Å². The Bertz CT molecular complexity index is 1210. The summed E-state index contributed by atoms with van der Waals surface area (Å²) < 4.78 is 25.0. The number of aromatic nitrogens is 1. The van der Waals surface area contributed by atoms with E-state index in [-0.39, 0.29) is 24.2 Å². The molecule has 1 N–H and O–H groups in total. The molecule has 2 unspecified atom stereocenters. The summed E-state index contributed by atoms with van der Waals surface area (Å²) in [5.41, 5.74) is -0.316. The Morgan fingerprint density at radius 2 is 1.39 bits per heavy atom. The molecule has 0 radical (unpaired) electrons. The molecule has 4 aromatic rings. The summed E-state index contributed by atoms with van der Waals surface area (Å²) >= 11 is 0. The van der Waals surface area contributed by atoms with Crippen LogP contribution in [0.25, 0.3) is 10.9 Å². The Morgan fingerprint density at radius 3 is 1.97 bits per heavy atom. The van der Waals surface area contributed by atoms with Crippen molar-refractivity contribution in [3.05, 3.63) is 97.2 Å².